The van der Waals surface area contributed by atoms with E-state index in [9.17, 15) is 4.57 Å². The molecule has 0 aliphatic rings. The summed E-state index contributed by atoms with van der Waals surface area (Å²) in [6.07, 6.45) is 2.66. The van der Waals surface area contributed by atoms with Gasteiger partial charge in [0.15, 0.2) is 0 Å². The summed E-state index contributed by atoms with van der Waals surface area (Å²) in [5.41, 5.74) is 1.19. The molecule has 0 aromatic rings. The lowest BCUT2D eigenvalue weighted by atomic mass is 10.3. The highest BCUT2D eigenvalue weighted by molar-refractivity contribution is 7.32. The molecule has 0 saturated carbocycles. The predicted octanol–water partition coefficient (Wildman–Crippen LogP) is 2.01. The molecule has 1 unspecified atom stereocenters. The van der Waals surface area contributed by atoms with E-state index in [1.807, 2.05) is 19.9 Å². The Balaban J connectivity index is 3.21. The summed E-state index contributed by atoms with van der Waals surface area (Å²) in [5, 5.41) is 0. The van der Waals surface area contributed by atoms with Gasteiger partial charge in [0.2, 0.25) is 0 Å². The maximum absolute atomic E-state index is 9.95. The molecule has 0 aliphatic carbocycles. The fraction of sp³-hybridized carbons (Fsp3) is 0.667. The summed E-state index contributed by atoms with van der Waals surface area (Å²) in [6.45, 7) is 4.26. The van der Waals surface area contributed by atoms with E-state index in [4.69, 9.17) is 4.89 Å². The smallest absolute Gasteiger partial charge is 0.133 e. The Morgan fingerprint density at radius 2 is 2.30 bits per heavy atom. The summed E-state index contributed by atoms with van der Waals surface area (Å²) in [6, 6.07) is 0. The molecule has 0 rings (SSSR count). The monoisotopic (exact) mass is 163 g/mol. The van der Waals surface area contributed by atoms with Crippen molar-refractivity contribution in [1.29, 1.82) is 0 Å². The second-order valence-corrected chi connectivity index (χ2v) is 2.88. The summed E-state index contributed by atoms with van der Waals surface area (Å²) in [7, 11) is -2.41. The maximum atomic E-state index is 9.95. The van der Waals surface area contributed by atoms with Crippen molar-refractivity contribution >= 4 is 8.25 Å². The minimum absolute atomic E-state index is 0.316. The van der Waals surface area contributed by atoms with Crippen LogP contribution in [0.3, 0.4) is 0 Å². The highest BCUT2D eigenvalue weighted by atomic mass is 31.1. The average Bonchev–Trinajstić information content (AvgIpc) is 1.79. The molecule has 1 atom stereocenters. The molecule has 10 heavy (non-hydrogen) atoms. The molecule has 0 bridgehead atoms. The van der Waals surface area contributed by atoms with E-state index >= 15 is 0 Å². The zero-order valence-electron chi connectivity index (χ0n) is 6.20. The van der Waals surface area contributed by atoms with Crippen molar-refractivity contribution in [2.45, 2.75) is 20.3 Å². The van der Waals surface area contributed by atoms with E-state index in [0.29, 0.717) is 13.0 Å². The van der Waals surface area contributed by atoms with Crippen LogP contribution in [0, 0.1) is 0 Å². The quantitative estimate of drug-likeness (QED) is 0.391. The van der Waals surface area contributed by atoms with E-state index in [0.717, 1.165) is 0 Å². The molecule has 58 valence electrons. The van der Waals surface area contributed by atoms with Gasteiger partial charge in [-0.25, -0.2) is 0 Å². The van der Waals surface area contributed by atoms with E-state index in [1.54, 1.807) is 0 Å². The van der Waals surface area contributed by atoms with Crippen molar-refractivity contribution in [3.8, 4) is 0 Å². The van der Waals surface area contributed by atoms with E-state index < -0.39 is 8.25 Å². The summed E-state index contributed by atoms with van der Waals surface area (Å²) >= 11 is 0. The normalized spacial score (nSPS) is 10.9. The molecule has 1 N–H and O–H groups in total. The van der Waals surface area contributed by atoms with Gasteiger partial charge >= 0.3 is 8.25 Å². The maximum Gasteiger partial charge on any atom is 0.694 e. The highest BCUT2D eigenvalue weighted by Crippen LogP contribution is 2.14. The third kappa shape index (κ3) is 7.76. The van der Waals surface area contributed by atoms with Gasteiger partial charge in [-0.1, -0.05) is 11.6 Å². The molecule has 3 nitrogen and oxygen atoms in total. The van der Waals surface area contributed by atoms with E-state index in [2.05, 4.69) is 4.52 Å². The molecule has 0 aromatic carbocycles. The minimum Gasteiger partial charge on any atom is -0.133 e. The van der Waals surface area contributed by atoms with Crippen LogP contribution in [0.5, 0.6) is 0 Å². The van der Waals surface area contributed by atoms with Crippen molar-refractivity contribution in [2.75, 3.05) is 6.61 Å². The molecular weight excluding hydrogens is 151 g/mol. The van der Waals surface area contributed by atoms with Crippen LogP contribution in [-0.4, -0.2) is 11.5 Å². The number of hydrogen-bond donors (Lipinski definition) is 1. The van der Waals surface area contributed by atoms with Crippen molar-refractivity contribution in [3.05, 3.63) is 11.6 Å². The van der Waals surface area contributed by atoms with Crippen molar-refractivity contribution in [2.24, 2.45) is 0 Å². The predicted molar refractivity (Wildman–Crippen MR) is 39.8 cm³/mol. The molecule has 0 radical (unpaired) electrons. The zero-order chi connectivity index (χ0) is 7.98. The first-order chi connectivity index (χ1) is 4.63. The average molecular weight is 163 g/mol. The van der Waals surface area contributed by atoms with Gasteiger partial charge < -0.3 is 0 Å². The topological polar surface area (TPSA) is 46.5 Å². The molecular formula is C6H12O3P+. The van der Waals surface area contributed by atoms with Crippen LogP contribution in [0.25, 0.3) is 0 Å². The molecule has 0 aromatic heterocycles. The second-order valence-electron chi connectivity index (χ2n) is 2.14. The lowest BCUT2D eigenvalue weighted by Crippen LogP contribution is -1.82. The van der Waals surface area contributed by atoms with Crippen LogP contribution >= 0.6 is 8.25 Å². The molecule has 4 heteroatoms. The fourth-order valence-electron chi connectivity index (χ4n) is 0.478. The lowest BCUT2D eigenvalue weighted by molar-refractivity contribution is 0.287. The van der Waals surface area contributed by atoms with Crippen LogP contribution < -0.4 is 0 Å². The number of rotatable bonds is 4. The van der Waals surface area contributed by atoms with Crippen LogP contribution in [0.1, 0.15) is 20.3 Å². The molecule has 0 saturated heterocycles. The van der Waals surface area contributed by atoms with Crippen molar-refractivity contribution in [3.63, 3.8) is 0 Å². The zero-order valence-corrected chi connectivity index (χ0v) is 7.10. The summed E-state index contributed by atoms with van der Waals surface area (Å²) in [4.78, 5) is 8.18. The Kier molecular flexibility index (Phi) is 5.40. The third-order valence-corrected chi connectivity index (χ3v) is 1.28. The van der Waals surface area contributed by atoms with Gasteiger partial charge in [0.05, 0.1) is 0 Å². The fourth-order valence-corrected chi connectivity index (χ4v) is 0.740. The van der Waals surface area contributed by atoms with Gasteiger partial charge in [0.1, 0.15) is 6.61 Å². The highest BCUT2D eigenvalue weighted by Gasteiger charge is 2.09. The van der Waals surface area contributed by atoms with Gasteiger partial charge in [-0.2, -0.15) is 0 Å². The standard InChI is InChI=1S/C6H11O3P/c1-6(2)4-3-5-9-10(7)8/h4H,3,5H2,1-2H3/p+1. The Bertz CT molecular complexity index is 138. The second kappa shape index (κ2) is 5.54. The SMILES string of the molecule is CC(C)=CCCO[P+](=O)O. The first kappa shape index (κ1) is 9.76. The number of allylic oxidation sites excluding steroid dienone is 1. The van der Waals surface area contributed by atoms with E-state index in [-0.39, 0.29) is 0 Å². The van der Waals surface area contributed by atoms with Gasteiger partial charge in [-0.05, 0) is 20.3 Å². The molecule has 0 spiro atoms. The van der Waals surface area contributed by atoms with Crippen LogP contribution in [0.2, 0.25) is 0 Å². The summed E-state index contributed by atoms with van der Waals surface area (Å²) < 4.78 is 14.4. The van der Waals surface area contributed by atoms with Crippen molar-refractivity contribution < 1.29 is 14.0 Å². The largest absolute Gasteiger partial charge is 0.694 e. The molecule has 0 amide bonds. The Morgan fingerprint density at radius 1 is 1.70 bits per heavy atom. The van der Waals surface area contributed by atoms with Crippen LogP contribution in [0.4, 0.5) is 0 Å². The van der Waals surface area contributed by atoms with Crippen LogP contribution in [-0.2, 0) is 9.09 Å². The Morgan fingerprint density at radius 3 is 2.70 bits per heavy atom. The first-order valence-corrected chi connectivity index (χ1v) is 4.18. The van der Waals surface area contributed by atoms with Crippen LogP contribution in [0.15, 0.2) is 11.6 Å². The first-order valence-electron chi connectivity index (χ1n) is 3.05. The Labute approximate surface area is 61.7 Å². The van der Waals surface area contributed by atoms with Crippen molar-refractivity contribution in [1.82, 2.24) is 0 Å². The van der Waals surface area contributed by atoms with Gasteiger partial charge in [0, 0.05) is 4.57 Å². The minimum atomic E-state index is -2.41. The van der Waals surface area contributed by atoms with Gasteiger partial charge in [-0.15, -0.1) is 9.42 Å². The van der Waals surface area contributed by atoms with E-state index in [1.165, 1.54) is 5.57 Å². The summed E-state index contributed by atoms with van der Waals surface area (Å²) in [5.74, 6) is 0. The number of hydrogen-bond acceptors (Lipinski definition) is 2. The molecule has 0 aliphatic heterocycles. The Hall–Kier alpha value is -0.240. The molecule has 0 fully saturated rings. The molecule has 0 heterocycles. The lowest BCUT2D eigenvalue weighted by Gasteiger charge is -1.86. The van der Waals surface area contributed by atoms with Gasteiger partial charge in [-0.3, -0.25) is 0 Å². The third-order valence-electron chi connectivity index (χ3n) is 0.872. The van der Waals surface area contributed by atoms with Gasteiger partial charge in [0.25, 0.3) is 0 Å².